The summed E-state index contributed by atoms with van der Waals surface area (Å²) in [6.45, 7) is 3.01. The number of nitrogens with zero attached hydrogens (tertiary/aromatic N) is 2. The standard InChI is InChI=1S/C22H23N3O4S/c1-4-23-20(26)16-7-5-15(6-8-16)14-25-11-12-30-22(25)24-21(27)17-9-10-18(28-2)19(13-17)29-3/h5-13H,4,14H2,1-3H3,(H,23,26). The summed E-state index contributed by atoms with van der Waals surface area (Å²) >= 11 is 1.38. The average Bonchev–Trinajstić information content (AvgIpc) is 3.20. The molecule has 0 unspecified atom stereocenters. The number of thiazole rings is 1. The molecule has 2 aromatic carbocycles. The van der Waals surface area contributed by atoms with E-state index in [1.165, 1.54) is 18.4 Å². The quantitative estimate of drug-likeness (QED) is 0.631. The highest BCUT2D eigenvalue weighted by atomic mass is 32.1. The van der Waals surface area contributed by atoms with Gasteiger partial charge in [-0.25, -0.2) is 0 Å². The molecular formula is C22H23N3O4S. The highest BCUT2D eigenvalue weighted by Gasteiger charge is 2.11. The SMILES string of the molecule is CCNC(=O)c1ccc(Cn2ccsc2=NC(=O)c2ccc(OC)c(OC)c2)cc1. The number of ether oxygens (including phenoxy) is 2. The van der Waals surface area contributed by atoms with E-state index >= 15 is 0 Å². The van der Waals surface area contributed by atoms with Crippen LogP contribution in [0.25, 0.3) is 0 Å². The Morgan fingerprint density at radius 3 is 2.40 bits per heavy atom. The summed E-state index contributed by atoms with van der Waals surface area (Å²) in [5.74, 6) is 0.572. The van der Waals surface area contributed by atoms with Crippen molar-refractivity contribution < 1.29 is 19.1 Å². The molecule has 0 saturated carbocycles. The lowest BCUT2D eigenvalue weighted by molar-refractivity contribution is 0.0954. The third-order valence-electron chi connectivity index (χ3n) is 4.39. The van der Waals surface area contributed by atoms with Gasteiger partial charge in [0.1, 0.15) is 0 Å². The van der Waals surface area contributed by atoms with Crippen molar-refractivity contribution in [1.82, 2.24) is 9.88 Å². The molecule has 3 aromatic rings. The fourth-order valence-electron chi connectivity index (χ4n) is 2.85. The van der Waals surface area contributed by atoms with Crippen molar-refractivity contribution in [1.29, 1.82) is 0 Å². The zero-order valence-electron chi connectivity index (χ0n) is 17.0. The number of carbonyl (C=O) groups excluding carboxylic acids is 2. The summed E-state index contributed by atoms with van der Waals surface area (Å²) in [5.41, 5.74) is 2.03. The van der Waals surface area contributed by atoms with E-state index in [0.29, 0.717) is 40.5 Å². The smallest absolute Gasteiger partial charge is 0.279 e. The van der Waals surface area contributed by atoms with E-state index in [1.807, 2.05) is 35.2 Å². The number of hydrogen-bond acceptors (Lipinski definition) is 5. The lowest BCUT2D eigenvalue weighted by Gasteiger charge is -2.08. The highest BCUT2D eigenvalue weighted by Crippen LogP contribution is 2.27. The molecule has 0 aliphatic heterocycles. The number of benzene rings is 2. The molecule has 3 rings (SSSR count). The second kappa shape index (κ2) is 9.89. The van der Waals surface area contributed by atoms with E-state index in [-0.39, 0.29) is 11.8 Å². The minimum atomic E-state index is -0.362. The lowest BCUT2D eigenvalue weighted by atomic mass is 10.1. The number of hydrogen-bond donors (Lipinski definition) is 1. The molecule has 0 spiro atoms. The Bertz CT molecular complexity index is 1100. The minimum absolute atomic E-state index is 0.0940. The Balaban J connectivity index is 1.80. The lowest BCUT2D eigenvalue weighted by Crippen LogP contribution is -2.22. The molecule has 0 bridgehead atoms. The number of rotatable bonds is 7. The normalized spacial score (nSPS) is 11.2. The summed E-state index contributed by atoms with van der Waals surface area (Å²) in [6.07, 6.45) is 1.88. The predicted molar refractivity (Wildman–Crippen MR) is 115 cm³/mol. The third kappa shape index (κ3) is 4.96. The van der Waals surface area contributed by atoms with Crippen molar-refractivity contribution in [2.75, 3.05) is 20.8 Å². The molecule has 7 nitrogen and oxygen atoms in total. The zero-order valence-corrected chi connectivity index (χ0v) is 17.9. The summed E-state index contributed by atoms with van der Waals surface area (Å²) in [6, 6.07) is 12.3. The van der Waals surface area contributed by atoms with Gasteiger partial charge in [-0.3, -0.25) is 9.59 Å². The van der Waals surface area contributed by atoms with Crippen LogP contribution in [0.3, 0.4) is 0 Å². The maximum Gasteiger partial charge on any atom is 0.279 e. The van der Waals surface area contributed by atoms with Crippen LogP contribution in [-0.2, 0) is 6.54 Å². The van der Waals surface area contributed by atoms with E-state index in [2.05, 4.69) is 10.3 Å². The molecule has 30 heavy (non-hydrogen) atoms. The number of carbonyl (C=O) groups is 2. The number of methoxy groups -OCH3 is 2. The van der Waals surface area contributed by atoms with E-state index in [9.17, 15) is 9.59 Å². The Labute approximate surface area is 178 Å². The van der Waals surface area contributed by atoms with Crippen molar-refractivity contribution in [3.05, 3.63) is 75.5 Å². The first-order valence-corrected chi connectivity index (χ1v) is 10.3. The molecule has 0 radical (unpaired) electrons. The van der Waals surface area contributed by atoms with Gasteiger partial charge in [0.15, 0.2) is 16.3 Å². The van der Waals surface area contributed by atoms with Gasteiger partial charge in [0.25, 0.3) is 11.8 Å². The van der Waals surface area contributed by atoms with Crippen LogP contribution in [0.15, 0.2) is 59.0 Å². The monoisotopic (exact) mass is 425 g/mol. The Hall–Kier alpha value is -3.39. The molecule has 0 aliphatic rings. The van der Waals surface area contributed by atoms with Gasteiger partial charge in [0.2, 0.25) is 0 Å². The van der Waals surface area contributed by atoms with Gasteiger partial charge < -0.3 is 19.4 Å². The van der Waals surface area contributed by atoms with Gasteiger partial charge in [-0.2, -0.15) is 4.99 Å². The molecule has 8 heteroatoms. The number of amides is 2. The first kappa shape index (κ1) is 21.3. The second-order valence-electron chi connectivity index (χ2n) is 6.36. The summed E-state index contributed by atoms with van der Waals surface area (Å²) in [5, 5.41) is 4.66. The van der Waals surface area contributed by atoms with Crippen LogP contribution in [0.5, 0.6) is 11.5 Å². The molecule has 0 saturated heterocycles. The molecule has 156 valence electrons. The maximum atomic E-state index is 12.7. The predicted octanol–water partition coefficient (Wildman–Crippen LogP) is 3.11. The van der Waals surface area contributed by atoms with Crippen molar-refractivity contribution in [3.63, 3.8) is 0 Å². The number of nitrogens with one attached hydrogen (secondary N) is 1. The molecular weight excluding hydrogens is 402 g/mol. The molecule has 1 N–H and O–H groups in total. The van der Waals surface area contributed by atoms with Crippen LogP contribution in [0.2, 0.25) is 0 Å². The zero-order chi connectivity index (χ0) is 21.5. The van der Waals surface area contributed by atoms with Gasteiger partial charge >= 0.3 is 0 Å². The van der Waals surface area contributed by atoms with Crippen molar-refractivity contribution >= 4 is 23.2 Å². The van der Waals surface area contributed by atoms with Crippen LogP contribution >= 0.6 is 11.3 Å². The van der Waals surface area contributed by atoms with Gasteiger partial charge in [-0.1, -0.05) is 12.1 Å². The third-order valence-corrected chi connectivity index (χ3v) is 5.19. The largest absolute Gasteiger partial charge is 0.493 e. The fourth-order valence-corrected chi connectivity index (χ4v) is 3.57. The molecule has 2 amide bonds. The second-order valence-corrected chi connectivity index (χ2v) is 7.23. The minimum Gasteiger partial charge on any atom is -0.493 e. The van der Waals surface area contributed by atoms with Crippen LogP contribution in [0, 0.1) is 0 Å². The molecule has 0 aliphatic carbocycles. The van der Waals surface area contributed by atoms with Crippen LogP contribution < -0.4 is 19.6 Å². The number of aromatic nitrogens is 1. The van der Waals surface area contributed by atoms with Crippen LogP contribution in [0.4, 0.5) is 0 Å². The topological polar surface area (TPSA) is 81.9 Å². The summed E-state index contributed by atoms with van der Waals surface area (Å²) in [7, 11) is 3.06. The Morgan fingerprint density at radius 2 is 1.73 bits per heavy atom. The van der Waals surface area contributed by atoms with Gasteiger partial charge in [0.05, 0.1) is 14.2 Å². The van der Waals surface area contributed by atoms with Crippen molar-refractivity contribution in [2.24, 2.45) is 4.99 Å². The van der Waals surface area contributed by atoms with Gasteiger partial charge in [0, 0.05) is 35.8 Å². The van der Waals surface area contributed by atoms with E-state index in [1.54, 1.807) is 37.4 Å². The average molecular weight is 426 g/mol. The van der Waals surface area contributed by atoms with Gasteiger partial charge in [-0.05, 0) is 42.8 Å². The summed E-state index contributed by atoms with van der Waals surface area (Å²) < 4.78 is 12.4. The highest BCUT2D eigenvalue weighted by molar-refractivity contribution is 7.07. The van der Waals surface area contributed by atoms with Crippen molar-refractivity contribution in [3.8, 4) is 11.5 Å². The Morgan fingerprint density at radius 1 is 1.03 bits per heavy atom. The fraction of sp³-hybridized carbons (Fsp3) is 0.227. The van der Waals surface area contributed by atoms with E-state index in [0.717, 1.165) is 5.56 Å². The maximum absolute atomic E-state index is 12.7. The Kier molecular flexibility index (Phi) is 7.03. The van der Waals surface area contributed by atoms with Gasteiger partial charge in [-0.15, -0.1) is 11.3 Å². The molecule has 1 aromatic heterocycles. The molecule has 0 fully saturated rings. The molecule has 1 heterocycles. The van der Waals surface area contributed by atoms with Crippen LogP contribution in [-0.4, -0.2) is 37.1 Å². The molecule has 0 atom stereocenters. The van der Waals surface area contributed by atoms with E-state index in [4.69, 9.17) is 9.47 Å². The summed E-state index contributed by atoms with van der Waals surface area (Å²) in [4.78, 5) is 29.4. The van der Waals surface area contributed by atoms with Crippen LogP contribution in [0.1, 0.15) is 33.2 Å². The van der Waals surface area contributed by atoms with Crippen molar-refractivity contribution in [2.45, 2.75) is 13.5 Å². The first-order valence-electron chi connectivity index (χ1n) is 9.38. The van der Waals surface area contributed by atoms with E-state index < -0.39 is 0 Å². The first-order chi connectivity index (χ1) is 14.5.